The van der Waals surface area contributed by atoms with E-state index in [9.17, 15) is 23.2 Å². The van der Waals surface area contributed by atoms with Crippen molar-refractivity contribution < 1.29 is 32.6 Å². The Balaban J connectivity index is 2.09. The largest absolute Gasteiger partial charge is 0.462 e. The van der Waals surface area contributed by atoms with Gasteiger partial charge in [0, 0.05) is 5.69 Å². The summed E-state index contributed by atoms with van der Waals surface area (Å²) in [4.78, 5) is 44.4. The molecule has 0 saturated carbocycles. The van der Waals surface area contributed by atoms with Crippen LogP contribution in [0.25, 0.3) is 11.4 Å². The van der Waals surface area contributed by atoms with Gasteiger partial charge < -0.3 is 14.8 Å². The van der Waals surface area contributed by atoms with Crippen molar-refractivity contribution in [2.24, 2.45) is 0 Å². The normalized spacial score (nSPS) is 10.6. The first-order valence-electron chi connectivity index (χ1n) is 10.3. The molecular weight excluding hydrogens is 448 g/mol. The minimum Gasteiger partial charge on any atom is -0.462 e. The van der Waals surface area contributed by atoms with E-state index < -0.39 is 40.7 Å². The fourth-order valence-corrected chi connectivity index (χ4v) is 2.99. The molecule has 0 fully saturated rings. The molecule has 0 atom stereocenters. The van der Waals surface area contributed by atoms with Gasteiger partial charge in [0.15, 0.2) is 12.1 Å². The zero-order valence-corrected chi connectivity index (χ0v) is 18.6. The number of esters is 2. The van der Waals surface area contributed by atoms with Gasteiger partial charge >= 0.3 is 11.9 Å². The van der Waals surface area contributed by atoms with Crippen molar-refractivity contribution in [1.29, 1.82) is 0 Å². The van der Waals surface area contributed by atoms with E-state index in [1.807, 2.05) is 0 Å². The van der Waals surface area contributed by atoms with Gasteiger partial charge in [-0.3, -0.25) is 4.79 Å². The first kappa shape index (κ1) is 24.4. The third-order valence-electron chi connectivity index (χ3n) is 4.44. The Morgan fingerprint density at radius 2 is 1.68 bits per heavy atom. The molecule has 8 nitrogen and oxygen atoms in total. The van der Waals surface area contributed by atoms with Gasteiger partial charge in [0.1, 0.15) is 28.7 Å². The second kappa shape index (κ2) is 10.6. The first-order valence-corrected chi connectivity index (χ1v) is 10.3. The number of halogens is 2. The molecule has 3 aromatic rings. The number of aldehydes is 1. The molecule has 34 heavy (non-hydrogen) atoms. The van der Waals surface area contributed by atoms with Crippen LogP contribution in [0.2, 0.25) is 0 Å². The second-order valence-corrected chi connectivity index (χ2v) is 7.25. The monoisotopic (exact) mass is 469 g/mol. The Kier molecular flexibility index (Phi) is 7.62. The van der Waals surface area contributed by atoms with Crippen LogP contribution in [0.3, 0.4) is 0 Å². The molecule has 0 aliphatic rings. The van der Waals surface area contributed by atoms with Gasteiger partial charge in [-0.25, -0.2) is 28.3 Å². The van der Waals surface area contributed by atoms with E-state index in [1.54, 1.807) is 20.8 Å². The number of nitrogens with zero attached hydrogens (tertiary/aromatic N) is 2. The lowest BCUT2D eigenvalue weighted by molar-refractivity contribution is 0.0377. The number of hydrogen-bond acceptors (Lipinski definition) is 8. The van der Waals surface area contributed by atoms with E-state index in [2.05, 4.69) is 15.3 Å². The highest BCUT2D eigenvalue weighted by Crippen LogP contribution is 2.29. The van der Waals surface area contributed by atoms with Gasteiger partial charge in [-0.1, -0.05) is 6.07 Å². The molecule has 1 N–H and O–H groups in total. The Bertz CT molecular complexity index is 1210. The third kappa shape index (κ3) is 5.40. The molecule has 0 amide bonds. The summed E-state index contributed by atoms with van der Waals surface area (Å²) in [5.41, 5.74) is -0.625. The molecule has 0 bridgehead atoms. The van der Waals surface area contributed by atoms with Crippen LogP contribution in [-0.4, -0.2) is 40.9 Å². The van der Waals surface area contributed by atoms with Crippen LogP contribution in [0, 0.1) is 11.6 Å². The number of aromatic nitrogens is 2. The lowest BCUT2D eigenvalue weighted by atomic mass is 10.1. The molecular formula is C24H21F2N3O5. The van der Waals surface area contributed by atoms with Crippen molar-refractivity contribution in [3.05, 3.63) is 70.9 Å². The summed E-state index contributed by atoms with van der Waals surface area (Å²) < 4.78 is 38.9. The predicted molar refractivity (Wildman–Crippen MR) is 119 cm³/mol. The lowest BCUT2D eigenvalue weighted by Gasteiger charge is -2.14. The number of anilines is 2. The van der Waals surface area contributed by atoms with E-state index in [1.165, 1.54) is 30.3 Å². The fourth-order valence-electron chi connectivity index (χ4n) is 2.99. The molecule has 0 aliphatic carbocycles. The fraction of sp³-hybridized carbons (Fsp3) is 0.208. The van der Waals surface area contributed by atoms with Gasteiger partial charge in [-0.15, -0.1) is 0 Å². The van der Waals surface area contributed by atoms with Crippen LogP contribution < -0.4 is 5.32 Å². The minimum atomic E-state index is -0.945. The van der Waals surface area contributed by atoms with Gasteiger partial charge in [0.05, 0.1) is 23.8 Å². The number of ether oxygens (including phenoxy) is 2. The highest BCUT2D eigenvalue weighted by Gasteiger charge is 2.25. The molecule has 1 heterocycles. The van der Waals surface area contributed by atoms with Crippen molar-refractivity contribution in [3.8, 4) is 11.4 Å². The van der Waals surface area contributed by atoms with Gasteiger partial charge in [0.2, 0.25) is 0 Å². The lowest BCUT2D eigenvalue weighted by Crippen LogP contribution is -2.15. The van der Waals surface area contributed by atoms with Gasteiger partial charge in [-0.05, 0) is 57.2 Å². The van der Waals surface area contributed by atoms with Crippen molar-refractivity contribution >= 4 is 29.7 Å². The summed E-state index contributed by atoms with van der Waals surface area (Å²) in [7, 11) is 0. The van der Waals surface area contributed by atoms with Crippen molar-refractivity contribution in [2.75, 3.05) is 11.9 Å². The SMILES string of the molecule is CCOC(=O)c1c(C=O)nc(-c2c(F)cccc2F)nc1Nc1ccc(C(=O)OC(C)C)cc1. The maximum absolute atomic E-state index is 14.4. The van der Waals surface area contributed by atoms with Crippen molar-refractivity contribution in [1.82, 2.24) is 9.97 Å². The minimum absolute atomic E-state index is 0.00687. The summed E-state index contributed by atoms with van der Waals surface area (Å²) in [6, 6.07) is 9.20. The number of nitrogens with one attached hydrogen (secondary N) is 1. The zero-order chi connectivity index (χ0) is 24.8. The average Bonchev–Trinajstić information content (AvgIpc) is 2.78. The molecule has 10 heteroatoms. The maximum Gasteiger partial charge on any atom is 0.344 e. The molecule has 0 spiro atoms. The molecule has 0 saturated heterocycles. The highest BCUT2D eigenvalue weighted by molar-refractivity contribution is 6.02. The van der Waals surface area contributed by atoms with Crippen LogP contribution in [0.4, 0.5) is 20.3 Å². The number of benzene rings is 2. The molecule has 176 valence electrons. The van der Waals surface area contributed by atoms with E-state index in [4.69, 9.17) is 9.47 Å². The third-order valence-corrected chi connectivity index (χ3v) is 4.44. The smallest absolute Gasteiger partial charge is 0.344 e. The van der Waals surface area contributed by atoms with E-state index in [-0.39, 0.29) is 35.9 Å². The summed E-state index contributed by atoms with van der Waals surface area (Å²) >= 11 is 0. The first-order chi connectivity index (χ1) is 16.2. The topological polar surface area (TPSA) is 107 Å². The van der Waals surface area contributed by atoms with Crippen molar-refractivity contribution in [3.63, 3.8) is 0 Å². The van der Waals surface area contributed by atoms with Crippen LogP contribution in [0.15, 0.2) is 42.5 Å². The summed E-state index contributed by atoms with van der Waals surface area (Å²) in [6.07, 6.45) is -0.0238. The predicted octanol–water partition coefficient (Wildman–Crippen LogP) is 4.72. The van der Waals surface area contributed by atoms with Gasteiger partial charge in [-0.2, -0.15) is 0 Å². The quantitative estimate of drug-likeness (QED) is 0.373. The number of rotatable bonds is 8. The van der Waals surface area contributed by atoms with Crippen LogP contribution in [0.5, 0.6) is 0 Å². The summed E-state index contributed by atoms with van der Waals surface area (Å²) in [5.74, 6) is -3.95. The molecule has 0 radical (unpaired) electrons. The molecule has 0 aliphatic heterocycles. The Morgan fingerprint density at radius 3 is 2.24 bits per heavy atom. The highest BCUT2D eigenvalue weighted by atomic mass is 19.1. The number of carbonyl (C=O) groups excluding carboxylic acids is 3. The molecule has 2 aromatic carbocycles. The summed E-state index contributed by atoms with van der Waals surface area (Å²) in [6.45, 7) is 5.03. The number of hydrogen-bond donors (Lipinski definition) is 1. The number of carbonyl (C=O) groups is 3. The molecule has 1 aromatic heterocycles. The maximum atomic E-state index is 14.4. The Labute approximate surface area is 193 Å². The second-order valence-electron chi connectivity index (χ2n) is 7.25. The zero-order valence-electron chi connectivity index (χ0n) is 18.6. The molecule has 3 rings (SSSR count). The van der Waals surface area contributed by atoms with Crippen LogP contribution in [-0.2, 0) is 9.47 Å². The van der Waals surface area contributed by atoms with Gasteiger partial charge in [0.25, 0.3) is 0 Å². The Hall–Kier alpha value is -4.21. The van der Waals surface area contributed by atoms with Crippen LogP contribution >= 0.6 is 0 Å². The standard InChI is InChI=1S/C24H21F2N3O5/c1-4-33-24(32)20-18(12-30)28-21(19-16(25)6-5-7-17(19)26)29-22(20)27-15-10-8-14(9-11-15)23(31)34-13(2)3/h5-13H,4H2,1-3H3,(H,27,28,29). The van der Waals surface area contributed by atoms with E-state index in [0.29, 0.717) is 5.69 Å². The average molecular weight is 469 g/mol. The van der Waals surface area contributed by atoms with E-state index in [0.717, 1.165) is 12.1 Å². The van der Waals surface area contributed by atoms with Crippen LogP contribution in [0.1, 0.15) is 52.0 Å². The van der Waals surface area contributed by atoms with E-state index >= 15 is 0 Å². The van der Waals surface area contributed by atoms with Crippen molar-refractivity contribution in [2.45, 2.75) is 26.9 Å². The molecule has 0 unspecified atom stereocenters. The summed E-state index contributed by atoms with van der Waals surface area (Å²) in [5, 5.41) is 2.83. The Morgan fingerprint density at radius 1 is 1.03 bits per heavy atom.